The second-order valence-electron chi connectivity index (χ2n) is 7.27. The number of carbonyl (C=O) groups is 2. The van der Waals surface area contributed by atoms with Gasteiger partial charge in [0.25, 0.3) is 0 Å². The number of methoxy groups -OCH3 is 1. The molecule has 1 saturated heterocycles. The van der Waals surface area contributed by atoms with E-state index in [0.29, 0.717) is 26.2 Å². The van der Waals surface area contributed by atoms with Crippen LogP contribution in [0.15, 0.2) is 30.6 Å². The predicted octanol–water partition coefficient (Wildman–Crippen LogP) is 1.23. The number of nitrogens with zero attached hydrogens (tertiary/aromatic N) is 3. The number of rotatable bonds is 8. The van der Waals surface area contributed by atoms with Crippen LogP contribution in [-0.2, 0) is 29.2 Å². The molecule has 2 aromatic rings. The van der Waals surface area contributed by atoms with Crippen LogP contribution in [0.1, 0.15) is 30.0 Å². The van der Waals surface area contributed by atoms with Gasteiger partial charge in [-0.2, -0.15) is 5.10 Å². The molecule has 29 heavy (non-hydrogen) atoms. The van der Waals surface area contributed by atoms with Crippen molar-refractivity contribution in [2.75, 3.05) is 20.2 Å². The van der Waals surface area contributed by atoms with Gasteiger partial charge in [0.15, 0.2) is 0 Å². The summed E-state index contributed by atoms with van der Waals surface area (Å²) in [5.74, 6) is 0.593. The molecule has 3 rings (SSSR count). The van der Waals surface area contributed by atoms with Crippen LogP contribution in [-0.4, -0.2) is 52.7 Å². The predicted molar refractivity (Wildman–Crippen MR) is 109 cm³/mol. The number of hydrogen-bond donors (Lipinski definition) is 2. The van der Waals surface area contributed by atoms with E-state index in [4.69, 9.17) is 4.74 Å². The van der Waals surface area contributed by atoms with Gasteiger partial charge < -0.3 is 15.4 Å². The van der Waals surface area contributed by atoms with Crippen molar-refractivity contribution in [3.8, 4) is 5.75 Å². The number of benzene rings is 1. The number of nitrogens with one attached hydrogen (secondary N) is 2. The van der Waals surface area contributed by atoms with E-state index in [1.807, 2.05) is 36.9 Å². The molecule has 1 fully saturated rings. The summed E-state index contributed by atoms with van der Waals surface area (Å²) in [7, 11) is 1.65. The topological polar surface area (TPSA) is 88.5 Å². The van der Waals surface area contributed by atoms with Crippen LogP contribution in [0.5, 0.6) is 5.75 Å². The zero-order valence-corrected chi connectivity index (χ0v) is 17.3. The summed E-state index contributed by atoms with van der Waals surface area (Å²) >= 11 is 0. The molecule has 1 aliphatic rings. The van der Waals surface area contributed by atoms with E-state index >= 15 is 0 Å². The van der Waals surface area contributed by atoms with Crippen LogP contribution in [0.4, 0.5) is 0 Å². The van der Waals surface area contributed by atoms with Crippen molar-refractivity contribution in [2.24, 2.45) is 0 Å². The molecule has 0 bridgehead atoms. The lowest BCUT2D eigenvalue weighted by Gasteiger charge is -2.34. The third kappa shape index (κ3) is 5.35. The highest BCUT2D eigenvalue weighted by Crippen LogP contribution is 2.21. The molecule has 1 aromatic carbocycles. The molecule has 0 saturated carbocycles. The molecular weight excluding hydrogens is 370 g/mol. The van der Waals surface area contributed by atoms with Crippen molar-refractivity contribution in [3.63, 3.8) is 0 Å². The Bertz CT molecular complexity index is 864. The highest BCUT2D eigenvalue weighted by atomic mass is 16.5. The van der Waals surface area contributed by atoms with Gasteiger partial charge in [0, 0.05) is 44.5 Å². The summed E-state index contributed by atoms with van der Waals surface area (Å²) in [5, 5.41) is 9.97. The fourth-order valence-corrected chi connectivity index (χ4v) is 3.57. The third-order valence-corrected chi connectivity index (χ3v) is 5.17. The van der Waals surface area contributed by atoms with Crippen molar-refractivity contribution in [1.29, 1.82) is 0 Å². The van der Waals surface area contributed by atoms with Crippen LogP contribution in [0.25, 0.3) is 0 Å². The fraction of sp³-hybridized carbons (Fsp3) is 0.476. The highest BCUT2D eigenvalue weighted by Gasteiger charge is 2.31. The van der Waals surface area contributed by atoms with Crippen LogP contribution >= 0.6 is 0 Å². The SMILES string of the molecule is CCn1cc(CNC(=O)CC2C(=O)NCCN2Cc2ccc(OC)c(C)c2)cn1. The van der Waals surface area contributed by atoms with Crippen molar-refractivity contribution in [1.82, 2.24) is 25.3 Å². The quantitative estimate of drug-likeness (QED) is 0.697. The van der Waals surface area contributed by atoms with E-state index in [0.717, 1.165) is 29.0 Å². The first-order chi connectivity index (χ1) is 14.0. The molecule has 0 aliphatic carbocycles. The van der Waals surface area contributed by atoms with Gasteiger partial charge in [0.2, 0.25) is 11.8 Å². The smallest absolute Gasteiger partial charge is 0.237 e. The number of carbonyl (C=O) groups excluding carboxylic acids is 2. The molecule has 0 radical (unpaired) electrons. The van der Waals surface area contributed by atoms with Crippen LogP contribution in [0, 0.1) is 6.92 Å². The van der Waals surface area contributed by atoms with Crippen molar-refractivity contribution >= 4 is 11.8 Å². The molecule has 0 spiro atoms. The number of aromatic nitrogens is 2. The number of aryl methyl sites for hydroxylation is 2. The number of ether oxygens (including phenoxy) is 1. The van der Waals surface area contributed by atoms with Crippen LogP contribution in [0.3, 0.4) is 0 Å². The van der Waals surface area contributed by atoms with Crippen molar-refractivity contribution in [2.45, 2.75) is 45.9 Å². The lowest BCUT2D eigenvalue weighted by atomic mass is 10.1. The van der Waals surface area contributed by atoms with Gasteiger partial charge in [0.1, 0.15) is 5.75 Å². The minimum atomic E-state index is -0.482. The molecule has 1 atom stereocenters. The molecule has 156 valence electrons. The standard InChI is InChI=1S/C21H29N5O3/c1-4-26-14-17(12-24-26)11-23-20(27)10-18-21(28)22-7-8-25(18)13-16-5-6-19(29-3)15(2)9-16/h5-6,9,12,14,18H,4,7-8,10-11,13H2,1-3H3,(H,22,28)(H,23,27). The summed E-state index contributed by atoms with van der Waals surface area (Å²) in [4.78, 5) is 27.0. The maximum atomic E-state index is 12.5. The maximum Gasteiger partial charge on any atom is 0.237 e. The third-order valence-electron chi connectivity index (χ3n) is 5.17. The van der Waals surface area contributed by atoms with E-state index in [9.17, 15) is 9.59 Å². The molecular formula is C21H29N5O3. The fourth-order valence-electron chi connectivity index (χ4n) is 3.57. The maximum absolute atomic E-state index is 12.5. The first kappa shape index (κ1) is 20.9. The van der Waals surface area contributed by atoms with E-state index in [-0.39, 0.29) is 18.2 Å². The van der Waals surface area contributed by atoms with Crippen LogP contribution in [0.2, 0.25) is 0 Å². The molecule has 8 heteroatoms. The normalized spacial score (nSPS) is 17.1. The van der Waals surface area contributed by atoms with Gasteiger partial charge in [-0.05, 0) is 31.0 Å². The second-order valence-corrected chi connectivity index (χ2v) is 7.27. The summed E-state index contributed by atoms with van der Waals surface area (Å²) in [6, 6.07) is 5.52. The Kier molecular flexibility index (Phi) is 6.87. The number of amides is 2. The van der Waals surface area contributed by atoms with Gasteiger partial charge in [-0.1, -0.05) is 12.1 Å². The van der Waals surface area contributed by atoms with E-state index in [2.05, 4.69) is 26.7 Å². The molecule has 2 N–H and O–H groups in total. The molecule has 8 nitrogen and oxygen atoms in total. The average molecular weight is 399 g/mol. The molecule has 2 heterocycles. The minimum absolute atomic E-state index is 0.101. The van der Waals surface area contributed by atoms with Gasteiger partial charge in [0.05, 0.1) is 25.8 Å². The Morgan fingerprint density at radius 1 is 1.38 bits per heavy atom. The second kappa shape index (κ2) is 9.56. The summed E-state index contributed by atoms with van der Waals surface area (Å²) in [5.41, 5.74) is 3.09. The number of hydrogen-bond acceptors (Lipinski definition) is 5. The first-order valence-electron chi connectivity index (χ1n) is 9.93. The molecule has 1 unspecified atom stereocenters. The lowest BCUT2D eigenvalue weighted by Crippen LogP contribution is -2.56. The summed E-state index contributed by atoms with van der Waals surface area (Å²) in [6.45, 7) is 7.10. The largest absolute Gasteiger partial charge is 0.496 e. The average Bonchev–Trinajstić information content (AvgIpc) is 3.17. The summed E-state index contributed by atoms with van der Waals surface area (Å²) < 4.78 is 7.13. The van der Waals surface area contributed by atoms with Gasteiger partial charge >= 0.3 is 0 Å². The van der Waals surface area contributed by atoms with Gasteiger partial charge in [-0.3, -0.25) is 19.2 Å². The van der Waals surface area contributed by atoms with E-state index in [1.54, 1.807) is 13.3 Å². The zero-order chi connectivity index (χ0) is 20.8. The Morgan fingerprint density at radius 2 is 2.21 bits per heavy atom. The van der Waals surface area contributed by atoms with Gasteiger partial charge in [-0.25, -0.2) is 0 Å². The Hall–Kier alpha value is -2.87. The van der Waals surface area contributed by atoms with Crippen molar-refractivity contribution < 1.29 is 14.3 Å². The molecule has 2 amide bonds. The van der Waals surface area contributed by atoms with Crippen LogP contribution < -0.4 is 15.4 Å². The molecule has 1 aromatic heterocycles. The summed E-state index contributed by atoms with van der Waals surface area (Å²) in [6.07, 6.45) is 3.78. The molecule has 1 aliphatic heterocycles. The monoisotopic (exact) mass is 399 g/mol. The Morgan fingerprint density at radius 3 is 2.90 bits per heavy atom. The zero-order valence-electron chi connectivity index (χ0n) is 17.3. The van der Waals surface area contributed by atoms with E-state index < -0.39 is 6.04 Å². The van der Waals surface area contributed by atoms with Gasteiger partial charge in [-0.15, -0.1) is 0 Å². The van der Waals surface area contributed by atoms with Crippen molar-refractivity contribution in [3.05, 3.63) is 47.3 Å². The number of piperazine rings is 1. The Labute approximate surface area is 171 Å². The highest BCUT2D eigenvalue weighted by molar-refractivity contribution is 5.88. The Balaban J connectivity index is 1.60. The minimum Gasteiger partial charge on any atom is -0.496 e. The lowest BCUT2D eigenvalue weighted by molar-refractivity contribution is -0.134. The first-order valence-corrected chi connectivity index (χ1v) is 9.93. The van der Waals surface area contributed by atoms with E-state index in [1.165, 1.54) is 0 Å².